The van der Waals surface area contributed by atoms with Crippen molar-refractivity contribution in [1.82, 2.24) is 10.2 Å². The van der Waals surface area contributed by atoms with E-state index in [0.717, 1.165) is 12.0 Å². The van der Waals surface area contributed by atoms with E-state index < -0.39 is 6.04 Å². The van der Waals surface area contributed by atoms with Crippen LogP contribution in [0.1, 0.15) is 25.8 Å². The minimum Gasteiger partial charge on any atom is -0.351 e. The minimum atomic E-state index is -0.573. The molecule has 0 spiro atoms. The molecule has 2 unspecified atom stereocenters. The van der Waals surface area contributed by atoms with Crippen LogP contribution in [0.25, 0.3) is 0 Å². The molecule has 2 amide bonds. The average molecular weight is 338 g/mol. The van der Waals surface area contributed by atoms with E-state index in [0.29, 0.717) is 24.5 Å². The van der Waals surface area contributed by atoms with Gasteiger partial charge in [-0.3, -0.25) is 9.59 Å². The standard InChI is InChI=1S/C17H24ClN3O2/c1-11(2)16(22)20-14-7-8-21(10-14)17(23)15(19)9-12-3-5-13(18)6-4-12/h3-6,11,14-15H,7-10,19H2,1-2H3,(H,20,22). The van der Waals surface area contributed by atoms with Crippen LogP contribution >= 0.6 is 11.6 Å². The lowest BCUT2D eigenvalue weighted by Crippen LogP contribution is -2.46. The van der Waals surface area contributed by atoms with Gasteiger partial charge in [0.1, 0.15) is 0 Å². The number of benzene rings is 1. The lowest BCUT2D eigenvalue weighted by molar-refractivity contribution is -0.132. The van der Waals surface area contributed by atoms with E-state index in [2.05, 4.69) is 5.32 Å². The molecule has 1 aromatic carbocycles. The Labute approximate surface area is 142 Å². The molecule has 1 fully saturated rings. The third-order valence-electron chi connectivity index (χ3n) is 4.06. The van der Waals surface area contributed by atoms with Crippen LogP contribution in [0.4, 0.5) is 0 Å². The summed E-state index contributed by atoms with van der Waals surface area (Å²) in [6.07, 6.45) is 1.26. The van der Waals surface area contributed by atoms with Crippen LogP contribution in [0.3, 0.4) is 0 Å². The van der Waals surface area contributed by atoms with E-state index in [1.807, 2.05) is 26.0 Å². The number of nitrogens with one attached hydrogen (secondary N) is 1. The fourth-order valence-electron chi connectivity index (χ4n) is 2.64. The van der Waals surface area contributed by atoms with Crippen LogP contribution in [0, 0.1) is 5.92 Å². The molecule has 5 nitrogen and oxygen atoms in total. The highest BCUT2D eigenvalue weighted by Crippen LogP contribution is 2.14. The van der Waals surface area contributed by atoms with Gasteiger partial charge in [0, 0.05) is 30.1 Å². The summed E-state index contributed by atoms with van der Waals surface area (Å²) < 4.78 is 0. The van der Waals surface area contributed by atoms with Crippen LogP contribution in [0.5, 0.6) is 0 Å². The van der Waals surface area contributed by atoms with E-state index >= 15 is 0 Å². The van der Waals surface area contributed by atoms with Gasteiger partial charge in [-0.1, -0.05) is 37.6 Å². The van der Waals surface area contributed by atoms with Gasteiger partial charge in [-0.05, 0) is 30.5 Å². The van der Waals surface area contributed by atoms with Gasteiger partial charge < -0.3 is 16.0 Å². The van der Waals surface area contributed by atoms with Crippen molar-refractivity contribution in [2.45, 2.75) is 38.8 Å². The summed E-state index contributed by atoms with van der Waals surface area (Å²) in [5.74, 6) is -0.0945. The second-order valence-corrected chi connectivity index (χ2v) is 6.81. The zero-order valence-corrected chi connectivity index (χ0v) is 14.3. The molecule has 0 aliphatic carbocycles. The summed E-state index contributed by atoms with van der Waals surface area (Å²) in [4.78, 5) is 25.9. The van der Waals surface area contributed by atoms with Gasteiger partial charge in [0.25, 0.3) is 0 Å². The van der Waals surface area contributed by atoms with Crippen molar-refractivity contribution < 1.29 is 9.59 Å². The third kappa shape index (κ3) is 4.94. The van der Waals surface area contributed by atoms with Crippen LogP contribution < -0.4 is 11.1 Å². The Kier molecular flexibility index (Phi) is 6.02. The normalized spacial score (nSPS) is 19.0. The Morgan fingerprint density at radius 1 is 1.35 bits per heavy atom. The number of hydrogen-bond donors (Lipinski definition) is 2. The topological polar surface area (TPSA) is 75.4 Å². The number of rotatable bonds is 5. The third-order valence-corrected chi connectivity index (χ3v) is 4.31. The fourth-order valence-corrected chi connectivity index (χ4v) is 2.77. The van der Waals surface area contributed by atoms with Crippen LogP contribution in [-0.4, -0.2) is 41.9 Å². The highest BCUT2D eigenvalue weighted by Gasteiger charge is 2.30. The Morgan fingerprint density at radius 3 is 2.61 bits per heavy atom. The fraction of sp³-hybridized carbons (Fsp3) is 0.529. The number of halogens is 1. The molecule has 1 heterocycles. The average Bonchev–Trinajstić information content (AvgIpc) is 2.97. The van der Waals surface area contributed by atoms with E-state index in [1.54, 1.807) is 17.0 Å². The number of carbonyl (C=O) groups excluding carboxylic acids is 2. The first-order chi connectivity index (χ1) is 10.9. The molecule has 1 aliphatic rings. The summed E-state index contributed by atoms with van der Waals surface area (Å²) in [6, 6.07) is 6.80. The monoisotopic (exact) mass is 337 g/mol. The number of hydrogen-bond acceptors (Lipinski definition) is 3. The van der Waals surface area contributed by atoms with Gasteiger partial charge in [0.05, 0.1) is 6.04 Å². The Bertz CT molecular complexity index is 559. The summed E-state index contributed by atoms with van der Waals surface area (Å²) in [7, 11) is 0. The first kappa shape index (κ1) is 17.8. The van der Waals surface area contributed by atoms with Crippen molar-refractivity contribution in [2.75, 3.05) is 13.1 Å². The molecule has 0 radical (unpaired) electrons. The van der Waals surface area contributed by atoms with Crippen molar-refractivity contribution in [2.24, 2.45) is 11.7 Å². The van der Waals surface area contributed by atoms with E-state index in [-0.39, 0.29) is 23.8 Å². The van der Waals surface area contributed by atoms with Crippen molar-refractivity contribution in [3.63, 3.8) is 0 Å². The molecule has 1 aliphatic heterocycles. The first-order valence-corrected chi connectivity index (χ1v) is 8.33. The van der Waals surface area contributed by atoms with Crippen LogP contribution in [0.2, 0.25) is 5.02 Å². The predicted molar refractivity (Wildman–Crippen MR) is 91.1 cm³/mol. The molecule has 3 N–H and O–H groups in total. The molecule has 1 aromatic rings. The zero-order valence-electron chi connectivity index (χ0n) is 13.6. The molecule has 126 valence electrons. The second-order valence-electron chi connectivity index (χ2n) is 6.37. The van der Waals surface area contributed by atoms with Crippen LogP contribution in [0.15, 0.2) is 24.3 Å². The predicted octanol–water partition coefficient (Wildman–Crippen LogP) is 1.58. The lowest BCUT2D eigenvalue weighted by atomic mass is 10.1. The van der Waals surface area contributed by atoms with Gasteiger partial charge >= 0.3 is 0 Å². The number of carbonyl (C=O) groups is 2. The highest BCUT2D eigenvalue weighted by atomic mass is 35.5. The van der Waals surface area contributed by atoms with Crippen molar-refractivity contribution in [3.05, 3.63) is 34.9 Å². The Hall–Kier alpha value is -1.59. The van der Waals surface area contributed by atoms with Crippen molar-refractivity contribution in [3.8, 4) is 0 Å². The summed E-state index contributed by atoms with van der Waals surface area (Å²) in [5.41, 5.74) is 7.04. The van der Waals surface area contributed by atoms with Crippen molar-refractivity contribution >= 4 is 23.4 Å². The van der Waals surface area contributed by atoms with Gasteiger partial charge in [-0.15, -0.1) is 0 Å². The smallest absolute Gasteiger partial charge is 0.239 e. The first-order valence-electron chi connectivity index (χ1n) is 7.96. The number of nitrogens with zero attached hydrogens (tertiary/aromatic N) is 1. The molecule has 0 saturated carbocycles. The maximum Gasteiger partial charge on any atom is 0.239 e. The summed E-state index contributed by atoms with van der Waals surface area (Å²) in [5, 5.41) is 3.63. The minimum absolute atomic E-state index is 0.0229. The number of amides is 2. The molecule has 6 heteroatoms. The van der Waals surface area contributed by atoms with Gasteiger partial charge in [0.2, 0.25) is 11.8 Å². The Balaban J connectivity index is 1.85. The molecular weight excluding hydrogens is 314 g/mol. The zero-order chi connectivity index (χ0) is 17.0. The second kappa shape index (κ2) is 7.79. The van der Waals surface area contributed by atoms with Gasteiger partial charge in [-0.25, -0.2) is 0 Å². The molecule has 2 atom stereocenters. The molecule has 1 saturated heterocycles. The molecule has 2 rings (SSSR count). The lowest BCUT2D eigenvalue weighted by Gasteiger charge is -2.21. The van der Waals surface area contributed by atoms with Gasteiger partial charge in [0.15, 0.2) is 0 Å². The number of nitrogens with two attached hydrogens (primary N) is 1. The molecule has 0 aromatic heterocycles. The maximum atomic E-state index is 12.4. The van der Waals surface area contributed by atoms with E-state index in [1.165, 1.54) is 0 Å². The van der Waals surface area contributed by atoms with Crippen LogP contribution in [-0.2, 0) is 16.0 Å². The SMILES string of the molecule is CC(C)C(=O)NC1CCN(C(=O)C(N)Cc2ccc(Cl)cc2)C1. The molecule has 0 bridgehead atoms. The Morgan fingerprint density at radius 2 is 2.00 bits per heavy atom. The molecule has 23 heavy (non-hydrogen) atoms. The largest absolute Gasteiger partial charge is 0.351 e. The summed E-state index contributed by atoms with van der Waals surface area (Å²) >= 11 is 5.85. The van der Waals surface area contributed by atoms with Gasteiger partial charge in [-0.2, -0.15) is 0 Å². The quantitative estimate of drug-likeness (QED) is 0.856. The maximum absolute atomic E-state index is 12.4. The van der Waals surface area contributed by atoms with E-state index in [4.69, 9.17) is 17.3 Å². The van der Waals surface area contributed by atoms with E-state index in [9.17, 15) is 9.59 Å². The number of likely N-dealkylation sites (tertiary alicyclic amines) is 1. The summed E-state index contributed by atoms with van der Waals surface area (Å²) in [6.45, 7) is 4.88. The highest BCUT2D eigenvalue weighted by molar-refractivity contribution is 6.30. The molecular formula is C17H24ClN3O2. The van der Waals surface area contributed by atoms with Crippen molar-refractivity contribution in [1.29, 1.82) is 0 Å².